The molecule has 1 aliphatic rings. The van der Waals surface area contributed by atoms with E-state index in [0.29, 0.717) is 0 Å². The molecule has 3 amide bonds. The summed E-state index contributed by atoms with van der Waals surface area (Å²) in [6.45, 7) is 10.2. The predicted molar refractivity (Wildman–Crippen MR) is 93.2 cm³/mol. The van der Waals surface area contributed by atoms with Crippen LogP contribution in [0.25, 0.3) is 0 Å². The molecule has 0 bridgehead atoms. The molecule has 0 saturated carbocycles. The van der Waals surface area contributed by atoms with E-state index in [1.807, 2.05) is 0 Å². The molecule has 9 nitrogen and oxygen atoms in total. The van der Waals surface area contributed by atoms with E-state index in [1.54, 1.807) is 41.5 Å². The number of hydrogen-bond acceptors (Lipinski definition) is 6. The van der Waals surface area contributed by atoms with Gasteiger partial charge in [0.05, 0.1) is 13.0 Å². The lowest BCUT2D eigenvalue weighted by atomic mass is 10.0. The number of alkyl carbamates (subject to hydrolysis) is 1. The van der Waals surface area contributed by atoms with Crippen LogP contribution in [0.1, 0.15) is 48.0 Å². The van der Waals surface area contributed by atoms with E-state index in [-0.39, 0.29) is 13.0 Å². The summed E-state index contributed by atoms with van der Waals surface area (Å²) in [7, 11) is 1.44. The lowest BCUT2D eigenvalue weighted by molar-refractivity contribution is -0.160. The van der Waals surface area contributed by atoms with E-state index in [2.05, 4.69) is 10.6 Å². The summed E-state index contributed by atoms with van der Waals surface area (Å²) in [6.07, 6.45) is -0.921. The average Bonchev–Trinajstić information content (AvgIpc) is 2.42. The topological polar surface area (TPSA) is 114 Å². The van der Waals surface area contributed by atoms with E-state index in [1.165, 1.54) is 11.9 Å². The molecule has 2 atom stereocenters. The Morgan fingerprint density at radius 2 is 1.62 bits per heavy atom. The van der Waals surface area contributed by atoms with Crippen molar-refractivity contribution in [1.82, 2.24) is 15.5 Å². The van der Waals surface area contributed by atoms with Crippen molar-refractivity contribution in [2.24, 2.45) is 0 Å². The predicted octanol–water partition coefficient (Wildman–Crippen LogP) is 0.568. The van der Waals surface area contributed by atoms with Gasteiger partial charge in [0.2, 0.25) is 11.8 Å². The van der Waals surface area contributed by atoms with Gasteiger partial charge < -0.3 is 25.0 Å². The highest BCUT2D eigenvalue weighted by Crippen LogP contribution is 2.15. The van der Waals surface area contributed by atoms with Crippen LogP contribution in [-0.4, -0.2) is 65.7 Å². The van der Waals surface area contributed by atoms with Gasteiger partial charge in [0.1, 0.15) is 23.3 Å². The third-order valence-corrected chi connectivity index (χ3v) is 3.36. The summed E-state index contributed by atoms with van der Waals surface area (Å²) in [5.74, 6) is -1.45. The number of nitrogens with one attached hydrogen (secondary N) is 2. The first kappa shape index (κ1) is 21.7. The maximum atomic E-state index is 12.4. The summed E-state index contributed by atoms with van der Waals surface area (Å²) < 4.78 is 10.3. The number of piperazine rings is 1. The van der Waals surface area contributed by atoms with E-state index in [0.717, 1.165) is 0 Å². The number of amides is 3. The number of esters is 1. The molecule has 0 spiro atoms. The maximum Gasteiger partial charge on any atom is 0.407 e. The lowest BCUT2D eigenvalue weighted by Crippen LogP contribution is -2.65. The molecule has 26 heavy (non-hydrogen) atoms. The Morgan fingerprint density at radius 1 is 1.08 bits per heavy atom. The molecule has 0 unspecified atom stereocenters. The van der Waals surface area contributed by atoms with E-state index in [9.17, 15) is 19.2 Å². The highest BCUT2D eigenvalue weighted by Gasteiger charge is 2.40. The minimum Gasteiger partial charge on any atom is -0.460 e. The molecule has 2 N–H and O–H groups in total. The van der Waals surface area contributed by atoms with Crippen LogP contribution >= 0.6 is 0 Å². The number of likely N-dealkylation sites (N-methyl/N-ethyl adjacent to an activating group) is 1. The molecular weight excluding hydrogens is 342 g/mol. The Balaban J connectivity index is 2.63. The minimum atomic E-state index is -0.949. The third-order valence-electron chi connectivity index (χ3n) is 3.36. The Kier molecular flexibility index (Phi) is 6.62. The van der Waals surface area contributed by atoms with Crippen molar-refractivity contribution >= 4 is 23.9 Å². The number of carbonyl (C=O) groups excluding carboxylic acids is 4. The molecular formula is C17H29N3O6. The fraction of sp³-hybridized carbons (Fsp3) is 0.765. The summed E-state index contributed by atoms with van der Waals surface area (Å²) >= 11 is 0. The van der Waals surface area contributed by atoms with Crippen molar-refractivity contribution in [2.75, 3.05) is 13.6 Å². The monoisotopic (exact) mass is 371 g/mol. The van der Waals surface area contributed by atoms with Crippen LogP contribution < -0.4 is 10.6 Å². The quantitative estimate of drug-likeness (QED) is 0.698. The second kappa shape index (κ2) is 7.92. The number of rotatable bonds is 4. The Bertz CT molecular complexity index is 572. The van der Waals surface area contributed by atoms with Crippen LogP contribution in [0.3, 0.4) is 0 Å². The molecule has 0 aromatic heterocycles. The largest absolute Gasteiger partial charge is 0.460 e. The molecule has 1 saturated heterocycles. The van der Waals surface area contributed by atoms with Gasteiger partial charge in [-0.05, 0) is 41.5 Å². The molecule has 0 aromatic rings. The Hall–Kier alpha value is -2.32. The molecule has 148 valence electrons. The highest BCUT2D eigenvalue weighted by atomic mass is 16.6. The van der Waals surface area contributed by atoms with Crippen LogP contribution in [0.4, 0.5) is 4.79 Å². The van der Waals surface area contributed by atoms with Gasteiger partial charge in [0.15, 0.2) is 0 Å². The van der Waals surface area contributed by atoms with E-state index < -0.39 is 47.2 Å². The van der Waals surface area contributed by atoms with Crippen molar-refractivity contribution in [2.45, 2.75) is 71.2 Å². The molecule has 0 aromatic carbocycles. The first-order chi connectivity index (χ1) is 11.7. The molecule has 0 radical (unpaired) electrons. The smallest absolute Gasteiger partial charge is 0.407 e. The zero-order valence-electron chi connectivity index (χ0n) is 16.5. The van der Waals surface area contributed by atoms with Crippen LogP contribution in [0.5, 0.6) is 0 Å². The SMILES string of the molecule is CN1C(=O)[C@H](CNC(=O)OC(C)(C)C)NC(=O)[C@@H]1CC(=O)OC(C)(C)C. The van der Waals surface area contributed by atoms with Crippen molar-refractivity contribution in [1.29, 1.82) is 0 Å². The summed E-state index contributed by atoms with van der Waals surface area (Å²) in [5, 5.41) is 4.98. The first-order valence-electron chi connectivity index (χ1n) is 8.45. The van der Waals surface area contributed by atoms with Gasteiger partial charge in [-0.3, -0.25) is 14.4 Å². The van der Waals surface area contributed by atoms with Gasteiger partial charge in [-0.1, -0.05) is 0 Å². The Labute approximate surface area is 153 Å². The van der Waals surface area contributed by atoms with E-state index >= 15 is 0 Å². The second-order valence-electron chi connectivity index (χ2n) is 8.20. The second-order valence-corrected chi connectivity index (χ2v) is 8.20. The lowest BCUT2D eigenvalue weighted by Gasteiger charge is -2.36. The van der Waals surface area contributed by atoms with E-state index in [4.69, 9.17) is 9.47 Å². The average molecular weight is 371 g/mol. The van der Waals surface area contributed by atoms with Gasteiger partial charge in [-0.2, -0.15) is 0 Å². The van der Waals surface area contributed by atoms with Crippen molar-refractivity contribution in [3.05, 3.63) is 0 Å². The maximum absolute atomic E-state index is 12.4. The van der Waals surface area contributed by atoms with Crippen LogP contribution in [-0.2, 0) is 23.9 Å². The van der Waals surface area contributed by atoms with Crippen LogP contribution in [0.2, 0.25) is 0 Å². The number of hydrogen-bond donors (Lipinski definition) is 2. The normalized spacial score (nSPS) is 21.1. The first-order valence-corrected chi connectivity index (χ1v) is 8.45. The van der Waals surface area contributed by atoms with Gasteiger partial charge in [-0.25, -0.2) is 4.79 Å². The molecule has 0 aliphatic carbocycles. The Morgan fingerprint density at radius 3 is 2.12 bits per heavy atom. The molecule has 9 heteroatoms. The molecule has 1 rings (SSSR count). The third kappa shape index (κ3) is 6.89. The summed E-state index contributed by atoms with van der Waals surface area (Å²) in [5.41, 5.74) is -1.34. The van der Waals surface area contributed by atoms with Gasteiger partial charge in [0, 0.05) is 7.05 Å². The fourth-order valence-electron chi connectivity index (χ4n) is 2.31. The van der Waals surface area contributed by atoms with Gasteiger partial charge in [-0.15, -0.1) is 0 Å². The van der Waals surface area contributed by atoms with Gasteiger partial charge >= 0.3 is 12.1 Å². The van der Waals surface area contributed by atoms with Crippen LogP contribution in [0, 0.1) is 0 Å². The summed E-state index contributed by atoms with van der Waals surface area (Å²) in [4.78, 5) is 49.5. The molecule has 1 heterocycles. The molecule has 1 aliphatic heterocycles. The van der Waals surface area contributed by atoms with Crippen molar-refractivity contribution in [3.63, 3.8) is 0 Å². The molecule has 1 fully saturated rings. The fourth-order valence-corrected chi connectivity index (χ4v) is 2.31. The van der Waals surface area contributed by atoms with Crippen molar-refractivity contribution in [3.8, 4) is 0 Å². The van der Waals surface area contributed by atoms with Gasteiger partial charge in [0.25, 0.3) is 0 Å². The highest BCUT2D eigenvalue weighted by molar-refractivity contribution is 5.98. The van der Waals surface area contributed by atoms with Crippen molar-refractivity contribution < 1.29 is 28.7 Å². The zero-order valence-corrected chi connectivity index (χ0v) is 16.5. The minimum absolute atomic E-state index is 0.108. The summed E-state index contributed by atoms with van der Waals surface area (Å²) in [6, 6.07) is -1.87. The zero-order chi connectivity index (χ0) is 20.3. The number of nitrogens with zero attached hydrogens (tertiary/aromatic N) is 1. The standard InChI is InChI=1S/C17H29N3O6/c1-16(2,3)25-12(21)8-11-13(22)19-10(14(23)20(11)7)9-18-15(24)26-17(4,5)6/h10-11H,8-9H2,1-7H3,(H,18,24)(H,19,22)/t10-,11-/m0/s1. The van der Waals surface area contributed by atoms with Crippen LogP contribution in [0.15, 0.2) is 0 Å². The number of ether oxygens (including phenoxy) is 2. The number of carbonyl (C=O) groups is 4.